The lowest BCUT2D eigenvalue weighted by molar-refractivity contribution is -0.121. The lowest BCUT2D eigenvalue weighted by atomic mass is 10.1. The number of amides is 1. The van der Waals surface area contributed by atoms with Gasteiger partial charge in [-0.2, -0.15) is 0 Å². The topological polar surface area (TPSA) is 46.2 Å². The van der Waals surface area contributed by atoms with E-state index in [2.05, 4.69) is 11.9 Å². The summed E-state index contributed by atoms with van der Waals surface area (Å²) in [6.45, 7) is 5.06. The number of rotatable bonds is 3. The molecule has 0 aromatic rings. The third-order valence-corrected chi connectivity index (χ3v) is 2.02. The Balaban J connectivity index is 2.53. The van der Waals surface area contributed by atoms with Crippen LogP contribution in [0.1, 0.15) is 13.3 Å². The van der Waals surface area contributed by atoms with Gasteiger partial charge in [0.15, 0.2) is 5.78 Å². The molecular formula is C10H13NO2. The predicted octanol–water partition coefficient (Wildman–Crippen LogP) is 0.822. The zero-order chi connectivity index (χ0) is 9.84. The minimum atomic E-state index is -0.110. The van der Waals surface area contributed by atoms with Crippen LogP contribution in [0.25, 0.3) is 0 Å². The van der Waals surface area contributed by atoms with E-state index in [9.17, 15) is 9.59 Å². The fourth-order valence-electron chi connectivity index (χ4n) is 1.31. The van der Waals surface area contributed by atoms with Crippen molar-refractivity contribution in [3.05, 3.63) is 24.8 Å². The molecule has 1 heterocycles. The summed E-state index contributed by atoms with van der Waals surface area (Å²) in [6.07, 6.45) is 5.54. The summed E-state index contributed by atoms with van der Waals surface area (Å²) in [5, 5.41) is 2.76. The monoisotopic (exact) mass is 179 g/mol. The summed E-state index contributed by atoms with van der Waals surface area (Å²) in [5.74, 6) is -0.119. The summed E-state index contributed by atoms with van der Waals surface area (Å²) in [6, 6.07) is -0.0144. The molecule has 1 saturated heterocycles. The van der Waals surface area contributed by atoms with Gasteiger partial charge in [0.1, 0.15) is 0 Å². The normalized spacial score (nSPS) is 27.6. The highest BCUT2D eigenvalue weighted by molar-refractivity contribution is 5.88. The fourth-order valence-corrected chi connectivity index (χ4v) is 1.31. The van der Waals surface area contributed by atoms with E-state index < -0.39 is 0 Å². The van der Waals surface area contributed by atoms with Gasteiger partial charge in [-0.1, -0.05) is 12.2 Å². The van der Waals surface area contributed by atoms with Gasteiger partial charge in [-0.25, -0.2) is 0 Å². The summed E-state index contributed by atoms with van der Waals surface area (Å²) in [7, 11) is 0. The van der Waals surface area contributed by atoms with Gasteiger partial charge >= 0.3 is 0 Å². The Kier molecular flexibility index (Phi) is 3.01. The van der Waals surface area contributed by atoms with Crippen LogP contribution >= 0.6 is 0 Å². The quantitative estimate of drug-likeness (QED) is 0.515. The number of hydrogen-bond acceptors (Lipinski definition) is 2. The van der Waals surface area contributed by atoms with Crippen LogP contribution in [0.2, 0.25) is 0 Å². The molecule has 0 aromatic heterocycles. The van der Waals surface area contributed by atoms with Crippen LogP contribution in [0, 0.1) is 5.92 Å². The van der Waals surface area contributed by atoms with Crippen molar-refractivity contribution in [1.82, 2.24) is 5.32 Å². The number of hydrogen-bond donors (Lipinski definition) is 1. The summed E-state index contributed by atoms with van der Waals surface area (Å²) < 4.78 is 0. The Morgan fingerprint density at radius 2 is 2.38 bits per heavy atom. The molecule has 1 fully saturated rings. The SMILES string of the molecule is C=C[C@@H]1C[C@H](/C=C/C(C)=O)NC1=O. The Morgan fingerprint density at radius 3 is 2.85 bits per heavy atom. The largest absolute Gasteiger partial charge is 0.349 e. The van der Waals surface area contributed by atoms with Gasteiger partial charge in [-0.05, 0) is 19.4 Å². The molecule has 1 aliphatic heterocycles. The molecule has 0 unspecified atom stereocenters. The summed E-state index contributed by atoms with van der Waals surface area (Å²) in [4.78, 5) is 21.8. The van der Waals surface area contributed by atoms with Crippen LogP contribution < -0.4 is 5.32 Å². The van der Waals surface area contributed by atoms with Crippen molar-refractivity contribution in [1.29, 1.82) is 0 Å². The van der Waals surface area contributed by atoms with Gasteiger partial charge in [0.05, 0.1) is 5.92 Å². The van der Waals surface area contributed by atoms with E-state index >= 15 is 0 Å². The standard InChI is InChI=1S/C10H13NO2/c1-3-8-6-9(11-10(8)13)5-4-7(2)12/h3-5,8-9H,1,6H2,2H3,(H,11,13)/b5-4+/t8-,9+/m1/s1. The van der Waals surface area contributed by atoms with Crippen molar-refractivity contribution in [3.8, 4) is 0 Å². The second-order valence-electron chi connectivity index (χ2n) is 3.16. The highest BCUT2D eigenvalue weighted by atomic mass is 16.2. The lowest BCUT2D eigenvalue weighted by Crippen LogP contribution is -2.24. The molecule has 70 valence electrons. The molecule has 2 atom stereocenters. The average Bonchev–Trinajstić information content (AvgIpc) is 2.43. The Labute approximate surface area is 77.5 Å². The molecule has 1 aliphatic rings. The molecule has 0 aromatic carbocycles. The number of carbonyl (C=O) groups is 2. The highest BCUT2D eigenvalue weighted by Gasteiger charge is 2.27. The van der Waals surface area contributed by atoms with E-state index in [0.717, 1.165) is 0 Å². The van der Waals surface area contributed by atoms with Crippen LogP contribution in [0.4, 0.5) is 0 Å². The van der Waals surface area contributed by atoms with Gasteiger partial charge in [-0.3, -0.25) is 9.59 Å². The molecule has 3 heteroatoms. The van der Waals surface area contributed by atoms with Crippen molar-refractivity contribution in [2.45, 2.75) is 19.4 Å². The molecule has 0 spiro atoms. The van der Waals surface area contributed by atoms with E-state index in [4.69, 9.17) is 0 Å². The Morgan fingerprint density at radius 1 is 1.69 bits per heavy atom. The van der Waals surface area contributed by atoms with Crippen molar-refractivity contribution >= 4 is 11.7 Å². The van der Waals surface area contributed by atoms with Crippen LogP contribution in [0.3, 0.4) is 0 Å². The Hall–Kier alpha value is -1.38. The molecule has 1 amide bonds. The first kappa shape index (κ1) is 9.71. The van der Waals surface area contributed by atoms with Gasteiger partial charge < -0.3 is 5.32 Å². The smallest absolute Gasteiger partial charge is 0.227 e. The minimum absolute atomic E-state index is 0.00342. The first-order valence-corrected chi connectivity index (χ1v) is 4.25. The average molecular weight is 179 g/mol. The van der Waals surface area contributed by atoms with Crippen LogP contribution in [-0.2, 0) is 9.59 Å². The molecule has 1 rings (SSSR count). The molecule has 3 nitrogen and oxygen atoms in total. The second kappa shape index (κ2) is 4.03. The summed E-state index contributed by atoms with van der Waals surface area (Å²) in [5.41, 5.74) is 0. The molecule has 13 heavy (non-hydrogen) atoms. The van der Waals surface area contributed by atoms with E-state index in [1.54, 1.807) is 12.2 Å². The van der Waals surface area contributed by atoms with Crippen molar-refractivity contribution in [2.24, 2.45) is 5.92 Å². The number of nitrogens with one attached hydrogen (secondary N) is 1. The first-order chi connectivity index (χ1) is 6.13. The number of ketones is 1. The van der Waals surface area contributed by atoms with Gasteiger partial charge in [0, 0.05) is 6.04 Å². The van der Waals surface area contributed by atoms with E-state index in [1.165, 1.54) is 13.0 Å². The van der Waals surface area contributed by atoms with E-state index in [-0.39, 0.29) is 23.7 Å². The van der Waals surface area contributed by atoms with Crippen molar-refractivity contribution in [2.75, 3.05) is 0 Å². The molecule has 1 N–H and O–H groups in total. The second-order valence-corrected chi connectivity index (χ2v) is 3.16. The molecule has 0 radical (unpaired) electrons. The van der Waals surface area contributed by atoms with Crippen LogP contribution in [0.5, 0.6) is 0 Å². The first-order valence-electron chi connectivity index (χ1n) is 4.25. The maximum Gasteiger partial charge on any atom is 0.227 e. The van der Waals surface area contributed by atoms with Gasteiger partial charge in [0.25, 0.3) is 0 Å². The van der Waals surface area contributed by atoms with Gasteiger partial charge in [0.2, 0.25) is 5.91 Å². The maximum absolute atomic E-state index is 11.2. The number of allylic oxidation sites excluding steroid dienone is 1. The Bertz CT molecular complexity index is 268. The summed E-state index contributed by atoms with van der Waals surface area (Å²) >= 11 is 0. The molecule has 0 saturated carbocycles. The lowest BCUT2D eigenvalue weighted by Gasteiger charge is -2.00. The van der Waals surface area contributed by atoms with Gasteiger partial charge in [-0.15, -0.1) is 6.58 Å². The van der Waals surface area contributed by atoms with E-state index in [0.29, 0.717) is 6.42 Å². The molecular weight excluding hydrogens is 166 g/mol. The van der Waals surface area contributed by atoms with Crippen molar-refractivity contribution in [3.63, 3.8) is 0 Å². The van der Waals surface area contributed by atoms with Crippen LogP contribution in [-0.4, -0.2) is 17.7 Å². The van der Waals surface area contributed by atoms with Crippen molar-refractivity contribution < 1.29 is 9.59 Å². The predicted molar refractivity (Wildman–Crippen MR) is 50.1 cm³/mol. The fraction of sp³-hybridized carbons (Fsp3) is 0.400. The van der Waals surface area contributed by atoms with Crippen LogP contribution in [0.15, 0.2) is 24.8 Å². The maximum atomic E-state index is 11.2. The number of carbonyl (C=O) groups excluding carboxylic acids is 2. The van der Waals surface area contributed by atoms with E-state index in [1.807, 2.05) is 0 Å². The zero-order valence-electron chi connectivity index (χ0n) is 7.62. The zero-order valence-corrected chi connectivity index (χ0v) is 7.62. The third-order valence-electron chi connectivity index (χ3n) is 2.02. The molecule has 0 bridgehead atoms. The highest BCUT2D eigenvalue weighted by Crippen LogP contribution is 2.16. The molecule has 0 aliphatic carbocycles. The minimum Gasteiger partial charge on any atom is -0.349 e. The third kappa shape index (κ3) is 2.54.